The number of furan rings is 1. The number of hydrogen-bond acceptors (Lipinski definition) is 4. The second-order valence-electron chi connectivity index (χ2n) is 3.84. The van der Waals surface area contributed by atoms with E-state index in [0.717, 1.165) is 0 Å². The maximum absolute atomic E-state index is 11.5. The number of aromatic carboxylic acids is 1. The SMILES string of the molecule is CCNC(=O)CN(CC)Cc1ccoc1C(=O)O. The fourth-order valence-electron chi connectivity index (χ4n) is 1.62. The number of nitrogens with zero attached hydrogens (tertiary/aromatic N) is 1. The van der Waals surface area contributed by atoms with E-state index in [1.165, 1.54) is 6.26 Å². The smallest absolute Gasteiger partial charge is 0.372 e. The van der Waals surface area contributed by atoms with Crippen molar-refractivity contribution >= 4 is 11.9 Å². The Morgan fingerprint density at radius 2 is 2.17 bits per heavy atom. The minimum Gasteiger partial charge on any atom is -0.475 e. The molecule has 0 saturated carbocycles. The predicted octanol–water partition coefficient (Wildman–Crippen LogP) is 0.936. The topological polar surface area (TPSA) is 82.8 Å². The largest absolute Gasteiger partial charge is 0.475 e. The van der Waals surface area contributed by atoms with Crippen molar-refractivity contribution in [1.82, 2.24) is 10.2 Å². The van der Waals surface area contributed by atoms with Crippen LogP contribution >= 0.6 is 0 Å². The van der Waals surface area contributed by atoms with Crippen LogP contribution in [0.15, 0.2) is 16.7 Å². The van der Waals surface area contributed by atoms with Gasteiger partial charge in [-0.3, -0.25) is 9.69 Å². The highest BCUT2D eigenvalue weighted by molar-refractivity contribution is 5.86. The number of rotatable bonds is 7. The number of likely N-dealkylation sites (N-methyl/N-ethyl adjacent to an activating group) is 2. The molecule has 0 radical (unpaired) electrons. The Hall–Kier alpha value is -1.82. The highest BCUT2D eigenvalue weighted by atomic mass is 16.4. The zero-order chi connectivity index (χ0) is 13.5. The lowest BCUT2D eigenvalue weighted by atomic mass is 10.2. The van der Waals surface area contributed by atoms with E-state index in [9.17, 15) is 9.59 Å². The molecule has 1 heterocycles. The molecule has 0 bridgehead atoms. The van der Waals surface area contributed by atoms with E-state index in [1.54, 1.807) is 6.07 Å². The Labute approximate surface area is 106 Å². The van der Waals surface area contributed by atoms with Crippen LogP contribution < -0.4 is 5.32 Å². The molecule has 1 rings (SSSR count). The molecule has 100 valence electrons. The number of carbonyl (C=O) groups is 2. The van der Waals surface area contributed by atoms with Crippen LogP contribution in [-0.4, -0.2) is 41.5 Å². The lowest BCUT2D eigenvalue weighted by Gasteiger charge is -2.19. The monoisotopic (exact) mass is 254 g/mol. The molecule has 0 aliphatic heterocycles. The first-order chi connectivity index (χ1) is 8.58. The van der Waals surface area contributed by atoms with Crippen LogP contribution in [0.4, 0.5) is 0 Å². The molecule has 0 aliphatic carbocycles. The zero-order valence-electron chi connectivity index (χ0n) is 10.6. The first kappa shape index (κ1) is 14.2. The highest BCUT2D eigenvalue weighted by Gasteiger charge is 2.17. The van der Waals surface area contributed by atoms with E-state index in [4.69, 9.17) is 9.52 Å². The second kappa shape index (κ2) is 6.80. The molecule has 6 nitrogen and oxygen atoms in total. The average Bonchev–Trinajstić information content (AvgIpc) is 2.76. The van der Waals surface area contributed by atoms with Crippen molar-refractivity contribution in [1.29, 1.82) is 0 Å². The van der Waals surface area contributed by atoms with Gasteiger partial charge in [0.2, 0.25) is 11.7 Å². The first-order valence-corrected chi connectivity index (χ1v) is 5.87. The molecule has 0 saturated heterocycles. The van der Waals surface area contributed by atoms with Crippen molar-refractivity contribution in [2.75, 3.05) is 19.6 Å². The van der Waals surface area contributed by atoms with Gasteiger partial charge in [-0.2, -0.15) is 0 Å². The quantitative estimate of drug-likeness (QED) is 0.756. The van der Waals surface area contributed by atoms with E-state index in [-0.39, 0.29) is 18.2 Å². The lowest BCUT2D eigenvalue weighted by Crippen LogP contribution is -2.36. The van der Waals surface area contributed by atoms with Crippen molar-refractivity contribution in [3.05, 3.63) is 23.7 Å². The number of carboxylic acids is 1. The molecule has 1 aromatic heterocycles. The van der Waals surface area contributed by atoms with Gasteiger partial charge in [0.25, 0.3) is 0 Å². The van der Waals surface area contributed by atoms with Gasteiger partial charge in [0, 0.05) is 18.7 Å². The third-order valence-electron chi connectivity index (χ3n) is 2.52. The van der Waals surface area contributed by atoms with Crippen LogP contribution in [-0.2, 0) is 11.3 Å². The molecule has 2 N–H and O–H groups in total. The molecule has 0 atom stereocenters. The van der Waals surface area contributed by atoms with Gasteiger partial charge in [0.05, 0.1) is 12.8 Å². The minimum atomic E-state index is -1.09. The first-order valence-electron chi connectivity index (χ1n) is 5.87. The summed E-state index contributed by atoms with van der Waals surface area (Å²) in [5.41, 5.74) is 0.577. The van der Waals surface area contributed by atoms with Gasteiger partial charge in [-0.15, -0.1) is 0 Å². The van der Waals surface area contributed by atoms with Crippen LogP contribution in [0.3, 0.4) is 0 Å². The summed E-state index contributed by atoms with van der Waals surface area (Å²) in [7, 11) is 0. The highest BCUT2D eigenvalue weighted by Crippen LogP contribution is 2.13. The average molecular weight is 254 g/mol. The normalized spacial score (nSPS) is 10.6. The fourth-order valence-corrected chi connectivity index (χ4v) is 1.62. The van der Waals surface area contributed by atoms with Crippen LogP contribution in [0.25, 0.3) is 0 Å². The van der Waals surface area contributed by atoms with Crippen molar-refractivity contribution in [2.24, 2.45) is 0 Å². The molecular weight excluding hydrogens is 236 g/mol. The summed E-state index contributed by atoms with van der Waals surface area (Å²) >= 11 is 0. The molecule has 0 aromatic carbocycles. The summed E-state index contributed by atoms with van der Waals surface area (Å²) in [6.07, 6.45) is 1.35. The van der Waals surface area contributed by atoms with Gasteiger partial charge in [-0.05, 0) is 19.5 Å². The number of carbonyl (C=O) groups excluding carboxylic acids is 1. The Morgan fingerprint density at radius 3 is 2.72 bits per heavy atom. The van der Waals surface area contributed by atoms with Gasteiger partial charge in [-0.1, -0.05) is 6.92 Å². The van der Waals surface area contributed by atoms with E-state index in [0.29, 0.717) is 25.2 Å². The third kappa shape index (κ3) is 3.89. The number of nitrogens with one attached hydrogen (secondary N) is 1. The second-order valence-corrected chi connectivity index (χ2v) is 3.84. The van der Waals surface area contributed by atoms with Crippen molar-refractivity contribution in [3.63, 3.8) is 0 Å². The van der Waals surface area contributed by atoms with E-state index in [1.807, 2.05) is 18.7 Å². The Balaban J connectivity index is 2.65. The van der Waals surface area contributed by atoms with Gasteiger partial charge < -0.3 is 14.8 Å². The van der Waals surface area contributed by atoms with Crippen molar-refractivity contribution in [2.45, 2.75) is 20.4 Å². The van der Waals surface area contributed by atoms with Gasteiger partial charge in [-0.25, -0.2) is 4.79 Å². The summed E-state index contributed by atoms with van der Waals surface area (Å²) < 4.78 is 4.90. The molecule has 0 fully saturated rings. The van der Waals surface area contributed by atoms with E-state index >= 15 is 0 Å². The van der Waals surface area contributed by atoms with Gasteiger partial charge >= 0.3 is 5.97 Å². The molecular formula is C12H18N2O4. The van der Waals surface area contributed by atoms with Crippen molar-refractivity contribution in [3.8, 4) is 0 Å². The summed E-state index contributed by atoms with van der Waals surface area (Å²) in [6, 6.07) is 1.61. The standard InChI is InChI=1S/C12H18N2O4/c1-3-13-10(15)8-14(4-2)7-9-5-6-18-11(9)12(16)17/h5-6H,3-4,7-8H2,1-2H3,(H,13,15)(H,16,17). The number of hydrogen-bond donors (Lipinski definition) is 2. The van der Waals surface area contributed by atoms with Crippen molar-refractivity contribution < 1.29 is 19.1 Å². The van der Waals surface area contributed by atoms with E-state index in [2.05, 4.69) is 5.32 Å². The Bertz CT molecular complexity index is 414. The minimum absolute atomic E-state index is 0.0654. The summed E-state index contributed by atoms with van der Waals surface area (Å²) in [5.74, 6) is -1.23. The molecule has 0 spiro atoms. The lowest BCUT2D eigenvalue weighted by molar-refractivity contribution is -0.122. The van der Waals surface area contributed by atoms with Gasteiger partial charge in [0.1, 0.15) is 0 Å². The van der Waals surface area contributed by atoms with Gasteiger partial charge in [0.15, 0.2) is 0 Å². The summed E-state index contributed by atoms with van der Waals surface area (Å²) in [6.45, 7) is 5.64. The summed E-state index contributed by atoms with van der Waals surface area (Å²) in [4.78, 5) is 24.2. The molecule has 0 aliphatic rings. The number of carboxylic acid groups (broad SMARTS) is 1. The van der Waals surface area contributed by atoms with Crippen LogP contribution in [0.2, 0.25) is 0 Å². The summed E-state index contributed by atoms with van der Waals surface area (Å²) in [5, 5.41) is 11.6. The maximum atomic E-state index is 11.5. The molecule has 0 unspecified atom stereocenters. The molecule has 1 amide bonds. The van der Waals surface area contributed by atoms with Crippen LogP contribution in [0.5, 0.6) is 0 Å². The molecule has 6 heteroatoms. The zero-order valence-corrected chi connectivity index (χ0v) is 10.6. The molecule has 1 aromatic rings. The van der Waals surface area contributed by atoms with Crippen LogP contribution in [0, 0.1) is 0 Å². The predicted molar refractivity (Wildman–Crippen MR) is 65.3 cm³/mol. The maximum Gasteiger partial charge on any atom is 0.372 e. The molecule has 18 heavy (non-hydrogen) atoms. The third-order valence-corrected chi connectivity index (χ3v) is 2.52. The fraction of sp³-hybridized carbons (Fsp3) is 0.500. The number of amides is 1. The Morgan fingerprint density at radius 1 is 1.44 bits per heavy atom. The van der Waals surface area contributed by atoms with E-state index < -0.39 is 5.97 Å². The van der Waals surface area contributed by atoms with Crippen LogP contribution in [0.1, 0.15) is 30.0 Å². The Kier molecular flexibility index (Phi) is 5.38.